The SMILES string of the molecule is Cc1[nH]c2ccccc2c1C(=O)[C@@H](C)N1CCCC1. The number of nitrogens with zero attached hydrogens (tertiary/aromatic N) is 1. The van der Waals surface area contributed by atoms with Crippen LogP contribution in [-0.2, 0) is 0 Å². The first-order valence-corrected chi connectivity index (χ1v) is 7.04. The molecule has 0 spiro atoms. The summed E-state index contributed by atoms with van der Waals surface area (Å²) >= 11 is 0. The van der Waals surface area contributed by atoms with E-state index >= 15 is 0 Å². The smallest absolute Gasteiger partial charge is 0.182 e. The van der Waals surface area contributed by atoms with E-state index < -0.39 is 0 Å². The van der Waals surface area contributed by atoms with Crippen LogP contribution in [0.1, 0.15) is 35.8 Å². The normalized spacial score (nSPS) is 18.0. The zero-order valence-corrected chi connectivity index (χ0v) is 11.6. The van der Waals surface area contributed by atoms with Crippen molar-refractivity contribution in [2.45, 2.75) is 32.7 Å². The van der Waals surface area contributed by atoms with Crippen LogP contribution in [0.3, 0.4) is 0 Å². The summed E-state index contributed by atoms with van der Waals surface area (Å²) in [6.07, 6.45) is 2.43. The molecule has 1 aliphatic rings. The maximum absolute atomic E-state index is 12.8. The zero-order valence-electron chi connectivity index (χ0n) is 11.6. The lowest BCUT2D eigenvalue weighted by Gasteiger charge is -2.22. The first-order valence-electron chi connectivity index (χ1n) is 7.04. The van der Waals surface area contributed by atoms with E-state index in [0.29, 0.717) is 0 Å². The fraction of sp³-hybridized carbons (Fsp3) is 0.438. The van der Waals surface area contributed by atoms with Gasteiger partial charge in [-0.3, -0.25) is 9.69 Å². The Hall–Kier alpha value is -1.61. The van der Waals surface area contributed by atoms with Crippen molar-refractivity contribution < 1.29 is 4.79 Å². The van der Waals surface area contributed by atoms with Crippen molar-refractivity contribution in [3.05, 3.63) is 35.5 Å². The number of hydrogen-bond donors (Lipinski definition) is 1. The second-order valence-electron chi connectivity index (χ2n) is 5.45. The number of H-pyrrole nitrogens is 1. The molecule has 3 rings (SSSR count). The number of likely N-dealkylation sites (tertiary alicyclic amines) is 1. The highest BCUT2D eigenvalue weighted by molar-refractivity contribution is 6.11. The van der Waals surface area contributed by atoms with Crippen molar-refractivity contribution in [1.29, 1.82) is 0 Å². The van der Waals surface area contributed by atoms with Gasteiger partial charge in [0.2, 0.25) is 0 Å². The number of Topliss-reactive ketones (excluding diaryl/α,β-unsaturated/α-hetero) is 1. The number of aryl methyl sites for hydroxylation is 1. The number of fused-ring (bicyclic) bond motifs is 1. The van der Waals surface area contributed by atoms with Gasteiger partial charge in [-0.2, -0.15) is 0 Å². The summed E-state index contributed by atoms with van der Waals surface area (Å²) in [7, 11) is 0. The van der Waals surface area contributed by atoms with Gasteiger partial charge in [0.25, 0.3) is 0 Å². The van der Waals surface area contributed by atoms with Crippen LogP contribution in [-0.4, -0.2) is 34.8 Å². The number of nitrogens with one attached hydrogen (secondary N) is 1. The molecule has 0 unspecified atom stereocenters. The summed E-state index contributed by atoms with van der Waals surface area (Å²) < 4.78 is 0. The maximum atomic E-state index is 12.8. The minimum Gasteiger partial charge on any atom is -0.358 e. The first kappa shape index (κ1) is 12.4. The van der Waals surface area contributed by atoms with E-state index in [2.05, 4.69) is 9.88 Å². The van der Waals surface area contributed by atoms with Crippen LogP contribution in [0.4, 0.5) is 0 Å². The molecule has 1 atom stereocenters. The Bertz CT molecular complexity index is 608. The molecule has 0 bridgehead atoms. The molecule has 2 aromatic rings. The van der Waals surface area contributed by atoms with E-state index in [1.807, 2.05) is 38.1 Å². The van der Waals surface area contributed by atoms with Crippen LogP contribution >= 0.6 is 0 Å². The molecule has 1 aromatic carbocycles. The van der Waals surface area contributed by atoms with Crippen molar-refractivity contribution in [2.24, 2.45) is 0 Å². The molecular weight excluding hydrogens is 236 g/mol. The van der Waals surface area contributed by atoms with Crippen molar-refractivity contribution in [3.63, 3.8) is 0 Å². The number of aromatic nitrogens is 1. The standard InChI is InChI=1S/C16H20N2O/c1-11-15(13-7-3-4-8-14(13)17-11)16(19)12(2)18-9-5-6-10-18/h3-4,7-8,12,17H,5-6,9-10H2,1-2H3/t12-/m1/s1. The lowest BCUT2D eigenvalue weighted by molar-refractivity contribution is 0.0868. The molecule has 100 valence electrons. The molecule has 0 aliphatic carbocycles. The van der Waals surface area contributed by atoms with Gasteiger partial charge in [-0.05, 0) is 45.8 Å². The van der Waals surface area contributed by atoms with Gasteiger partial charge in [-0.1, -0.05) is 18.2 Å². The van der Waals surface area contributed by atoms with E-state index in [0.717, 1.165) is 35.2 Å². The van der Waals surface area contributed by atoms with E-state index in [-0.39, 0.29) is 11.8 Å². The van der Waals surface area contributed by atoms with Crippen molar-refractivity contribution in [2.75, 3.05) is 13.1 Å². The lowest BCUT2D eigenvalue weighted by atomic mass is 10.0. The molecule has 1 aliphatic heterocycles. The quantitative estimate of drug-likeness (QED) is 0.856. The summed E-state index contributed by atoms with van der Waals surface area (Å²) in [5, 5.41) is 1.05. The monoisotopic (exact) mass is 256 g/mol. The maximum Gasteiger partial charge on any atom is 0.182 e. The van der Waals surface area contributed by atoms with Crippen LogP contribution in [0.5, 0.6) is 0 Å². The molecule has 0 radical (unpaired) electrons. The van der Waals surface area contributed by atoms with Gasteiger partial charge in [-0.15, -0.1) is 0 Å². The third-order valence-corrected chi connectivity index (χ3v) is 4.21. The number of carbonyl (C=O) groups excluding carboxylic acids is 1. The number of aromatic amines is 1. The van der Waals surface area contributed by atoms with Crippen molar-refractivity contribution in [1.82, 2.24) is 9.88 Å². The summed E-state index contributed by atoms with van der Waals surface area (Å²) in [6, 6.07) is 8.03. The molecule has 1 N–H and O–H groups in total. The van der Waals surface area contributed by atoms with Gasteiger partial charge in [0.15, 0.2) is 5.78 Å². The Morgan fingerprint density at radius 2 is 1.95 bits per heavy atom. The molecule has 1 saturated heterocycles. The summed E-state index contributed by atoms with van der Waals surface area (Å²) in [5.74, 6) is 0.247. The number of ketones is 1. The van der Waals surface area contributed by atoms with Gasteiger partial charge in [0.05, 0.1) is 6.04 Å². The Labute approximate surface area is 113 Å². The molecule has 0 amide bonds. The van der Waals surface area contributed by atoms with Crippen molar-refractivity contribution >= 4 is 16.7 Å². The van der Waals surface area contributed by atoms with Crippen LogP contribution in [0, 0.1) is 6.92 Å². The second kappa shape index (κ2) is 4.82. The van der Waals surface area contributed by atoms with E-state index in [9.17, 15) is 4.79 Å². The molecule has 3 heteroatoms. The summed E-state index contributed by atoms with van der Waals surface area (Å²) in [5.41, 5.74) is 2.91. The average molecular weight is 256 g/mol. The van der Waals surface area contributed by atoms with E-state index in [1.165, 1.54) is 12.8 Å². The molecule has 2 heterocycles. The number of hydrogen-bond acceptors (Lipinski definition) is 2. The van der Waals surface area contributed by atoms with Gasteiger partial charge in [0, 0.05) is 22.2 Å². The number of benzene rings is 1. The molecule has 1 fully saturated rings. The highest BCUT2D eigenvalue weighted by atomic mass is 16.1. The Morgan fingerprint density at radius 1 is 1.26 bits per heavy atom. The van der Waals surface area contributed by atoms with Crippen LogP contribution < -0.4 is 0 Å². The molecule has 19 heavy (non-hydrogen) atoms. The highest BCUT2D eigenvalue weighted by Gasteiger charge is 2.27. The van der Waals surface area contributed by atoms with Gasteiger partial charge in [-0.25, -0.2) is 0 Å². The largest absolute Gasteiger partial charge is 0.358 e. The number of para-hydroxylation sites is 1. The fourth-order valence-electron chi connectivity index (χ4n) is 3.10. The highest BCUT2D eigenvalue weighted by Crippen LogP contribution is 2.25. The van der Waals surface area contributed by atoms with Crippen LogP contribution in [0.2, 0.25) is 0 Å². The topological polar surface area (TPSA) is 36.1 Å². The molecular formula is C16H20N2O. The van der Waals surface area contributed by atoms with Crippen LogP contribution in [0.15, 0.2) is 24.3 Å². The summed E-state index contributed by atoms with van der Waals surface area (Å²) in [4.78, 5) is 18.4. The van der Waals surface area contributed by atoms with Gasteiger partial charge in [0.1, 0.15) is 0 Å². The predicted molar refractivity (Wildman–Crippen MR) is 77.6 cm³/mol. The van der Waals surface area contributed by atoms with Gasteiger partial charge >= 0.3 is 0 Å². The Kier molecular flexibility index (Phi) is 3.15. The van der Waals surface area contributed by atoms with Gasteiger partial charge < -0.3 is 4.98 Å². The zero-order chi connectivity index (χ0) is 13.4. The molecule has 0 saturated carbocycles. The third-order valence-electron chi connectivity index (χ3n) is 4.21. The summed E-state index contributed by atoms with van der Waals surface area (Å²) in [6.45, 7) is 6.13. The number of carbonyl (C=O) groups is 1. The van der Waals surface area contributed by atoms with E-state index in [4.69, 9.17) is 0 Å². The minimum absolute atomic E-state index is 0.0135. The predicted octanol–water partition coefficient (Wildman–Crippen LogP) is 3.14. The minimum atomic E-state index is -0.0135. The molecule has 1 aromatic heterocycles. The third kappa shape index (κ3) is 2.08. The Balaban J connectivity index is 1.99. The Morgan fingerprint density at radius 3 is 2.68 bits per heavy atom. The first-order chi connectivity index (χ1) is 9.18. The second-order valence-corrected chi connectivity index (χ2v) is 5.45. The van der Waals surface area contributed by atoms with Crippen molar-refractivity contribution in [3.8, 4) is 0 Å². The lowest BCUT2D eigenvalue weighted by Crippen LogP contribution is -2.37. The fourth-order valence-corrected chi connectivity index (χ4v) is 3.10. The average Bonchev–Trinajstić information content (AvgIpc) is 3.03. The van der Waals surface area contributed by atoms with E-state index in [1.54, 1.807) is 0 Å². The molecule has 3 nitrogen and oxygen atoms in total. The number of rotatable bonds is 3. The van der Waals surface area contributed by atoms with Crippen LogP contribution in [0.25, 0.3) is 10.9 Å².